The highest BCUT2D eigenvalue weighted by Gasteiger charge is 2.10. The predicted octanol–water partition coefficient (Wildman–Crippen LogP) is 3.51. The first-order valence-corrected chi connectivity index (χ1v) is 5.10. The number of fused-ring (bicyclic) bond motifs is 1. The molecule has 0 N–H and O–H groups in total. The van der Waals surface area contributed by atoms with Crippen LogP contribution in [0, 0.1) is 0 Å². The summed E-state index contributed by atoms with van der Waals surface area (Å²) in [6.07, 6.45) is 0.853. The number of hydrogen-bond acceptors (Lipinski definition) is 2. The summed E-state index contributed by atoms with van der Waals surface area (Å²) >= 11 is 0. The summed E-state index contributed by atoms with van der Waals surface area (Å²) < 4.78 is 5.70. The second-order valence-corrected chi connectivity index (χ2v) is 3.81. The number of aryl methyl sites for hydroxylation is 1. The van der Waals surface area contributed by atoms with Crippen molar-refractivity contribution in [3.05, 3.63) is 29.7 Å². The Hall–Kier alpha value is -1.31. The van der Waals surface area contributed by atoms with E-state index in [4.69, 9.17) is 4.42 Å². The van der Waals surface area contributed by atoms with E-state index in [0.29, 0.717) is 5.92 Å². The van der Waals surface area contributed by atoms with Gasteiger partial charge in [0.25, 0.3) is 0 Å². The fourth-order valence-corrected chi connectivity index (χ4v) is 1.62. The minimum absolute atomic E-state index is 0.483. The number of aromatic nitrogens is 1. The zero-order chi connectivity index (χ0) is 10.1. The molecule has 2 aromatic rings. The minimum Gasteiger partial charge on any atom is -0.440 e. The van der Waals surface area contributed by atoms with Gasteiger partial charge in [-0.1, -0.05) is 32.9 Å². The molecule has 0 aliphatic rings. The molecule has 74 valence electrons. The highest BCUT2D eigenvalue weighted by Crippen LogP contribution is 2.25. The Morgan fingerprint density at radius 3 is 2.79 bits per heavy atom. The molecule has 0 saturated carbocycles. The number of benzene rings is 1. The Balaban J connectivity index is 2.66. The van der Waals surface area contributed by atoms with Crippen LogP contribution in [-0.4, -0.2) is 4.98 Å². The van der Waals surface area contributed by atoms with E-state index in [9.17, 15) is 0 Å². The number of oxazole rings is 1. The van der Waals surface area contributed by atoms with Gasteiger partial charge in [0.15, 0.2) is 11.5 Å². The molecule has 0 amide bonds. The molecule has 0 unspecified atom stereocenters. The molecular formula is C12H15NO. The van der Waals surface area contributed by atoms with Crippen molar-refractivity contribution in [3.8, 4) is 0 Å². The topological polar surface area (TPSA) is 26.0 Å². The van der Waals surface area contributed by atoms with Gasteiger partial charge in [0.1, 0.15) is 5.52 Å². The molecule has 0 aliphatic carbocycles. The van der Waals surface area contributed by atoms with Crippen LogP contribution in [0.25, 0.3) is 11.1 Å². The van der Waals surface area contributed by atoms with Gasteiger partial charge >= 0.3 is 0 Å². The van der Waals surface area contributed by atoms with Gasteiger partial charge in [-0.05, 0) is 17.5 Å². The molecule has 0 fully saturated rings. The molecular weight excluding hydrogens is 174 g/mol. The molecule has 2 rings (SSSR count). The van der Waals surface area contributed by atoms with Crippen LogP contribution in [0.3, 0.4) is 0 Å². The van der Waals surface area contributed by atoms with Gasteiger partial charge in [0.05, 0.1) is 0 Å². The van der Waals surface area contributed by atoms with Crippen LogP contribution in [-0.2, 0) is 6.42 Å². The average Bonchev–Trinajstić information content (AvgIpc) is 2.59. The molecule has 2 heteroatoms. The van der Waals surface area contributed by atoms with Crippen molar-refractivity contribution in [1.82, 2.24) is 4.98 Å². The van der Waals surface area contributed by atoms with Crippen LogP contribution in [0.5, 0.6) is 0 Å². The van der Waals surface area contributed by atoms with Crippen LogP contribution in [0.1, 0.15) is 38.1 Å². The van der Waals surface area contributed by atoms with Crippen molar-refractivity contribution in [2.24, 2.45) is 0 Å². The van der Waals surface area contributed by atoms with Gasteiger partial charge < -0.3 is 4.42 Å². The second-order valence-electron chi connectivity index (χ2n) is 3.81. The maximum absolute atomic E-state index is 5.70. The first kappa shape index (κ1) is 9.25. The first-order valence-electron chi connectivity index (χ1n) is 5.10. The van der Waals surface area contributed by atoms with Crippen molar-refractivity contribution >= 4 is 11.1 Å². The number of rotatable bonds is 2. The Labute approximate surface area is 84.0 Å². The molecule has 0 saturated heterocycles. The highest BCUT2D eigenvalue weighted by atomic mass is 16.3. The Kier molecular flexibility index (Phi) is 2.28. The molecule has 1 aromatic carbocycles. The van der Waals surface area contributed by atoms with Gasteiger partial charge in [-0.15, -0.1) is 0 Å². The van der Waals surface area contributed by atoms with Crippen molar-refractivity contribution in [2.45, 2.75) is 33.1 Å². The minimum atomic E-state index is 0.483. The molecule has 0 aliphatic heterocycles. The van der Waals surface area contributed by atoms with E-state index in [2.05, 4.69) is 31.8 Å². The SMILES string of the molecule is CCc1nc2cccc(C(C)C)c2o1. The van der Waals surface area contributed by atoms with Crippen LogP contribution in [0.15, 0.2) is 22.6 Å². The van der Waals surface area contributed by atoms with Crippen LogP contribution >= 0.6 is 0 Å². The van der Waals surface area contributed by atoms with Gasteiger partial charge in [0, 0.05) is 6.42 Å². The smallest absolute Gasteiger partial charge is 0.195 e. The molecule has 2 nitrogen and oxygen atoms in total. The fourth-order valence-electron chi connectivity index (χ4n) is 1.62. The number of para-hydroxylation sites is 1. The standard InChI is InChI=1S/C12H15NO/c1-4-11-13-10-7-5-6-9(8(2)3)12(10)14-11/h5-8H,4H2,1-3H3. The number of hydrogen-bond donors (Lipinski definition) is 0. The third-order valence-corrected chi connectivity index (χ3v) is 2.41. The largest absolute Gasteiger partial charge is 0.440 e. The van der Waals surface area contributed by atoms with Crippen LogP contribution in [0.2, 0.25) is 0 Å². The predicted molar refractivity (Wildman–Crippen MR) is 57.5 cm³/mol. The first-order chi connectivity index (χ1) is 6.72. The van der Waals surface area contributed by atoms with E-state index in [1.807, 2.05) is 12.1 Å². The van der Waals surface area contributed by atoms with Gasteiger partial charge in [0.2, 0.25) is 0 Å². The molecule has 0 spiro atoms. The van der Waals surface area contributed by atoms with E-state index in [1.54, 1.807) is 0 Å². The maximum Gasteiger partial charge on any atom is 0.195 e. The lowest BCUT2D eigenvalue weighted by Crippen LogP contribution is -1.86. The second kappa shape index (κ2) is 3.45. The Bertz CT molecular complexity index is 443. The molecule has 0 atom stereocenters. The van der Waals surface area contributed by atoms with E-state index in [0.717, 1.165) is 23.4 Å². The fraction of sp³-hybridized carbons (Fsp3) is 0.417. The molecule has 14 heavy (non-hydrogen) atoms. The Morgan fingerprint density at radius 1 is 1.36 bits per heavy atom. The Morgan fingerprint density at radius 2 is 2.14 bits per heavy atom. The van der Waals surface area contributed by atoms with Crippen molar-refractivity contribution in [1.29, 1.82) is 0 Å². The quantitative estimate of drug-likeness (QED) is 0.722. The molecule has 1 aromatic heterocycles. The summed E-state index contributed by atoms with van der Waals surface area (Å²) in [5.74, 6) is 1.31. The van der Waals surface area contributed by atoms with Crippen LogP contribution in [0.4, 0.5) is 0 Å². The van der Waals surface area contributed by atoms with E-state index in [-0.39, 0.29) is 0 Å². The molecule has 1 heterocycles. The lowest BCUT2D eigenvalue weighted by atomic mass is 10.0. The summed E-state index contributed by atoms with van der Waals surface area (Å²) in [4.78, 5) is 4.41. The zero-order valence-corrected chi connectivity index (χ0v) is 8.87. The summed E-state index contributed by atoms with van der Waals surface area (Å²) in [7, 11) is 0. The van der Waals surface area contributed by atoms with Crippen molar-refractivity contribution in [3.63, 3.8) is 0 Å². The lowest BCUT2D eigenvalue weighted by Gasteiger charge is -2.03. The third-order valence-electron chi connectivity index (χ3n) is 2.41. The summed E-state index contributed by atoms with van der Waals surface area (Å²) in [6, 6.07) is 6.15. The summed E-state index contributed by atoms with van der Waals surface area (Å²) in [6.45, 7) is 6.39. The third kappa shape index (κ3) is 1.41. The summed E-state index contributed by atoms with van der Waals surface area (Å²) in [5.41, 5.74) is 3.18. The van der Waals surface area contributed by atoms with Gasteiger partial charge in [-0.25, -0.2) is 4.98 Å². The van der Waals surface area contributed by atoms with E-state index < -0.39 is 0 Å². The van der Waals surface area contributed by atoms with Crippen molar-refractivity contribution in [2.75, 3.05) is 0 Å². The molecule has 0 radical (unpaired) electrons. The maximum atomic E-state index is 5.70. The van der Waals surface area contributed by atoms with Crippen molar-refractivity contribution < 1.29 is 4.42 Å². The van der Waals surface area contributed by atoms with Gasteiger partial charge in [-0.2, -0.15) is 0 Å². The van der Waals surface area contributed by atoms with E-state index in [1.165, 1.54) is 5.56 Å². The van der Waals surface area contributed by atoms with Gasteiger partial charge in [-0.3, -0.25) is 0 Å². The lowest BCUT2D eigenvalue weighted by molar-refractivity contribution is 0.533. The number of nitrogens with zero attached hydrogens (tertiary/aromatic N) is 1. The normalized spacial score (nSPS) is 11.4. The molecule has 0 bridgehead atoms. The van der Waals surface area contributed by atoms with Crippen LogP contribution < -0.4 is 0 Å². The summed E-state index contributed by atoms with van der Waals surface area (Å²) in [5, 5.41) is 0. The monoisotopic (exact) mass is 189 g/mol. The van der Waals surface area contributed by atoms with E-state index >= 15 is 0 Å². The zero-order valence-electron chi connectivity index (χ0n) is 8.87. The highest BCUT2D eigenvalue weighted by molar-refractivity contribution is 5.76. The average molecular weight is 189 g/mol.